The maximum Gasteiger partial charge on any atom is 0.205 e. The number of ether oxygens (including phenoxy) is 1. The van der Waals surface area contributed by atoms with Gasteiger partial charge in [0, 0.05) is 12.3 Å². The van der Waals surface area contributed by atoms with Crippen molar-refractivity contribution in [2.24, 2.45) is 5.92 Å². The standard InChI is InChI=1S/C14H23O3P/c1-4-5-12(2)10-18(15,16)11-13-6-8-14(17-3)9-7-13/h6-9,12H,4-5,10-11H2,1-3H3,(H,15,16). The number of rotatable bonds is 7. The Bertz CT molecular complexity index is 400. The van der Waals surface area contributed by atoms with Crippen LogP contribution in [0.2, 0.25) is 0 Å². The molecular weight excluding hydrogens is 247 g/mol. The van der Waals surface area contributed by atoms with Crippen LogP contribution in [-0.4, -0.2) is 18.2 Å². The van der Waals surface area contributed by atoms with E-state index in [1.807, 2.05) is 31.2 Å². The molecule has 0 heterocycles. The van der Waals surface area contributed by atoms with Crippen molar-refractivity contribution in [2.75, 3.05) is 13.3 Å². The maximum absolute atomic E-state index is 12.1. The van der Waals surface area contributed by atoms with Gasteiger partial charge in [0.15, 0.2) is 0 Å². The molecule has 102 valence electrons. The van der Waals surface area contributed by atoms with Gasteiger partial charge in [-0.3, -0.25) is 4.57 Å². The van der Waals surface area contributed by atoms with E-state index in [1.165, 1.54) is 0 Å². The van der Waals surface area contributed by atoms with Crippen LogP contribution >= 0.6 is 7.37 Å². The Morgan fingerprint density at radius 2 is 1.94 bits per heavy atom. The molecule has 2 unspecified atom stereocenters. The third kappa shape index (κ3) is 5.24. The van der Waals surface area contributed by atoms with Crippen LogP contribution in [0.15, 0.2) is 24.3 Å². The summed E-state index contributed by atoms with van der Waals surface area (Å²) in [5.41, 5.74) is 0.894. The first-order valence-electron chi connectivity index (χ1n) is 6.40. The van der Waals surface area contributed by atoms with E-state index in [9.17, 15) is 9.46 Å². The fraction of sp³-hybridized carbons (Fsp3) is 0.571. The lowest BCUT2D eigenvalue weighted by atomic mass is 10.1. The molecule has 0 amide bonds. The van der Waals surface area contributed by atoms with Crippen molar-refractivity contribution in [3.63, 3.8) is 0 Å². The number of methoxy groups -OCH3 is 1. The first kappa shape index (κ1) is 15.3. The van der Waals surface area contributed by atoms with Gasteiger partial charge in [0.25, 0.3) is 0 Å². The highest BCUT2D eigenvalue weighted by Gasteiger charge is 2.21. The molecule has 0 aliphatic carbocycles. The second-order valence-electron chi connectivity index (χ2n) is 4.93. The average molecular weight is 270 g/mol. The van der Waals surface area contributed by atoms with Gasteiger partial charge in [0.2, 0.25) is 7.37 Å². The van der Waals surface area contributed by atoms with Crippen molar-refractivity contribution < 1.29 is 14.2 Å². The number of benzene rings is 1. The average Bonchev–Trinajstić information content (AvgIpc) is 2.29. The summed E-state index contributed by atoms with van der Waals surface area (Å²) < 4.78 is 17.2. The van der Waals surface area contributed by atoms with Gasteiger partial charge >= 0.3 is 0 Å². The summed E-state index contributed by atoms with van der Waals surface area (Å²) in [6, 6.07) is 7.36. The molecule has 3 nitrogen and oxygen atoms in total. The normalized spacial score (nSPS) is 16.0. The van der Waals surface area contributed by atoms with Gasteiger partial charge in [-0.2, -0.15) is 0 Å². The molecule has 0 aliphatic rings. The molecule has 1 N–H and O–H groups in total. The van der Waals surface area contributed by atoms with Gasteiger partial charge < -0.3 is 9.63 Å². The molecule has 0 saturated heterocycles. The topological polar surface area (TPSA) is 46.5 Å². The van der Waals surface area contributed by atoms with Crippen LogP contribution in [0, 0.1) is 5.92 Å². The Balaban J connectivity index is 2.60. The monoisotopic (exact) mass is 270 g/mol. The Morgan fingerprint density at radius 1 is 1.33 bits per heavy atom. The van der Waals surface area contributed by atoms with Crippen molar-refractivity contribution in [1.82, 2.24) is 0 Å². The second-order valence-corrected chi connectivity index (χ2v) is 7.30. The quantitative estimate of drug-likeness (QED) is 0.764. The lowest BCUT2D eigenvalue weighted by Gasteiger charge is -2.16. The molecule has 0 saturated carbocycles. The molecule has 4 heteroatoms. The van der Waals surface area contributed by atoms with Crippen LogP contribution in [0.1, 0.15) is 32.3 Å². The Morgan fingerprint density at radius 3 is 2.44 bits per heavy atom. The second kappa shape index (κ2) is 6.96. The van der Waals surface area contributed by atoms with E-state index in [-0.39, 0.29) is 6.16 Å². The minimum absolute atomic E-state index is 0.255. The fourth-order valence-corrected chi connectivity index (χ4v) is 4.22. The Labute approximate surface area is 110 Å². The van der Waals surface area contributed by atoms with Crippen molar-refractivity contribution in [2.45, 2.75) is 32.9 Å². The maximum atomic E-state index is 12.1. The number of hydrogen-bond donors (Lipinski definition) is 1. The summed E-state index contributed by atoms with van der Waals surface area (Å²) in [4.78, 5) is 10.0. The van der Waals surface area contributed by atoms with Crippen molar-refractivity contribution in [1.29, 1.82) is 0 Å². The summed E-state index contributed by atoms with van der Waals surface area (Å²) in [7, 11) is -1.46. The largest absolute Gasteiger partial charge is 0.497 e. The zero-order valence-corrected chi connectivity index (χ0v) is 12.3. The van der Waals surface area contributed by atoms with Crippen LogP contribution in [-0.2, 0) is 10.7 Å². The van der Waals surface area contributed by atoms with Crippen molar-refractivity contribution in [3.8, 4) is 5.75 Å². The highest BCUT2D eigenvalue weighted by molar-refractivity contribution is 7.57. The first-order chi connectivity index (χ1) is 8.46. The van der Waals surface area contributed by atoms with Gasteiger partial charge in [-0.05, 0) is 23.6 Å². The highest BCUT2D eigenvalue weighted by atomic mass is 31.2. The van der Waals surface area contributed by atoms with E-state index in [0.29, 0.717) is 12.1 Å². The molecule has 0 fully saturated rings. The zero-order valence-electron chi connectivity index (χ0n) is 11.4. The molecule has 0 aliphatic heterocycles. The van der Waals surface area contributed by atoms with Crippen molar-refractivity contribution >= 4 is 7.37 Å². The molecule has 1 aromatic rings. The summed E-state index contributed by atoms with van der Waals surface area (Å²) >= 11 is 0. The van der Waals surface area contributed by atoms with Crippen LogP contribution in [0.4, 0.5) is 0 Å². The Kier molecular flexibility index (Phi) is 5.90. The van der Waals surface area contributed by atoms with E-state index >= 15 is 0 Å². The Hall–Kier alpha value is -0.790. The minimum atomic E-state index is -3.06. The minimum Gasteiger partial charge on any atom is -0.497 e. The molecule has 2 atom stereocenters. The molecule has 1 aromatic carbocycles. The van der Waals surface area contributed by atoms with Gasteiger partial charge in [-0.25, -0.2) is 0 Å². The van der Waals surface area contributed by atoms with Gasteiger partial charge in [0.1, 0.15) is 5.75 Å². The summed E-state index contributed by atoms with van der Waals surface area (Å²) in [5.74, 6) is 1.08. The molecule has 0 aromatic heterocycles. The molecular formula is C14H23O3P. The van der Waals surface area contributed by atoms with E-state index in [4.69, 9.17) is 4.74 Å². The molecule has 0 bridgehead atoms. The van der Waals surface area contributed by atoms with Crippen LogP contribution in [0.25, 0.3) is 0 Å². The zero-order chi connectivity index (χ0) is 13.6. The predicted molar refractivity (Wildman–Crippen MR) is 75.5 cm³/mol. The summed E-state index contributed by atoms with van der Waals surface area (Å²) in [6.07, 6.45) is 2.73. The SMILES string of the molecule is CCCC(C)CP(=O)(O)Cc1ccc(OC)cc1. The predicted octanol–water partition coefficient (Wildman–Crippen LogP) is 3.90. The highest BCUT2D eigenvalue weighted by Crippen LogP contribution is 2.46. The van der Waals surface area contributed by atoms with Crippen LogP contribution < -0.4 is 4.74 Å². The van der Waals surface area contributed by atoms with Crippen molar-refractivity contribution in [3.05, 3.63) is 29.8 Å². The lowest BCUT2D eigenvalue weighted by Crippen LogP contribution is -2.04. The summed E-state index contributed by atoms with van der Waals surface area (Å²) in [6.45, 7) is 4.14. The molecule has 0 radical (unpaired) electrons. The lowest BCUT2D eigenvalue weighted by molar-refractivity contribution is 0.414. The molecule has 18 heavy (non-hydrogen) atoms. The van der Waals surface area contributed by atoms with Crippen LogP contribution in [0.5, 0.6) is 5.75 Å². The third-order valence-electron chi connectivity index (χ3n) is 2.97. The first-order valence-corrected chi connectivity index (χ1v) is 8.43. The van der Waals surface area contributed by atoms with Crippen LogP contribution in [0.3, 0.4) is 0 Å². The van der Waals surface area contributed by atoms with E-state index in [2.05, 4.69) is 6.92 Å². The smallest absolute Gasteiger partial charge is 0.205 e. The number of hydrogen-bond acceptors (Lipinski definition) is 2. The third-order valence-corrected chi connectivity index (χ3v) is 5.02. The van der Waals surface area contributed by atoms with E-state index < -0.39 is 7.37 Å². The van der Waals surface area contributed by atoms with Gasteiger partial charge in [-0.1, -0.05) is 38.8 Å². The van der Waals surface area contributed by atoms with E-state index in [1.54, 1.807) is 7.11 Å². The fourth-order valence-electron chi connectivity index (χ4n) is 2.15. The molecule has 0 spiro atoms. The molecule has 1 rings (SSSR count). The van der Waals surface area contributed by atoms with E-state index in [0.717, 1.165) is 24.2 Å². The summed E-state index contributed by atoms with van der Waals surface area (Å²) in [5, 5.41) is 0. The van der Waals surface area contributed by atoms with Gasteiger partial charge in [-0.15, -0.1) is 0 Å². The van der Waals surface area contributed by atoms with Gasteiger partial charge in [0.05, 0.1) is 7.11 Å².